The molecule has 0 aliphatic carbocycles. The minimum Gasteiger partial charge on any atom is -0.485 e. The van der Waals surface area contributed by atoms with Crippen molar-refractivity contribution in [2.24, 2.45) is 0 Å². The molecule has 1 N–H and O–H groups in total. The summed E-state index contributed by atoms with van der Waals surface area (Å²) >= 11 is 6.44. The smallest absolute Gasteiger partial charge is 0.277 e. The van der Waals surface area contributed by atoms with Crippen LogP contribution in [0.25, 0.3) is 17.1 Å². The van der Waals surface area contributed by atoms with Crippen LogP contribution in [0.1, 0.15) is 45.8 Å². The summed E-state index contributed by atoms with van der Waals surface area (Å²) in [6.45, 7) is 0.262. The molecular weight excluding hydrogens is 528 g/mol. The van der Waals surface area contributed by atoms with E-state index in [-0.39, 0.29) is 11.6 Å². The topological polar surface area (TPSA) is 103 Å². The minimum atomic E-state index is -2.87. The highest BCUT2D eigenvalue weighted by molar-refractivity contribution is 6.31. The second kappa shape index (κ2) is 10.6. The van der Waals surface area contributed by atoms with Crippen molar-refractivity contribution >= 4 is 11.6 Å². The number of halogens is 3. The summed E-state index contributed by atoms with van der Waals surface area (Å²) in [5.41, 5.74) is -0.283. The molecule has 0 unspecified atom stereocenters. The fourth-order valence-corrected chi connectivity index (χ4v) is 4.24. The van der Waals surface area contributed by atoms with Crippen LogP contribution in [-0.4, -0.2) is 29.6 Å². The highest BCUT2D eigenvalue weighted by Crippen LogP contribution is 2.29. The van der Waals surface area contributed by atoms with Gasteiger partial charge in [-0.15, -0.1) is 0 Å². The molecule has 1 aliphatic heterocycles. The van der Waals surface area contributed by atoms with Gasteiger partial charge in [-0.25, -0.2) is 18.7 Å². The molecular formula is C28H24ClF2N5O3. The summed E-state index contributed by atoms with van der Waals surface area (Å²) in [6, 6.07) is 5.23. The van der Waals surface area contributed by atoms with Gasteiger partial charge in [0.05, 0.1) is 26.0 Å². The Morgan fingerprint density at radius 3 is 2.74 bits per heavy atom. The van der Waals surface area contributed by atoms with E-state index in [4.69, 9.17) is 19.1 Å². The van der Waals surface area contributed by atoms with E-state index in [1.54, 1.807) is 32.2 Å². The van der Waals surface area contributed by atoms with Crippen molar-refractivity contribution in [1.82, 2.24) is 24.5 Å². The first kappa shape index (κ1) is 24.1. The van der Waals surface area contributed by atoms with Crippen LogP contribution in [0.4, 0.5) is 8.78 Å². The highest BCUT2D eigenvalue weighted by atomic mass is 35.5. The van der Waals surface area contributed by atoms with Crippen molar-refractivity contribution in [3.8, 4) is 22.8 Å². The van der Waals surface area contributed by atoms with Crippen LogP contribution in [0, 0.1) is 11.6 Å². The summed E-state index contributed by atoms with van der Waals surface area (Å²) in [5, 5.41) is 9.92. The van der Waals surface area contributed by atoms with Crippen LogP contribution in [0.3, 0.4) is 0 Å². The predicted octanol–water partition coefficient (Wildman–Crippen LogP) is 4.87. The number of hydrogen-bond acceptors (Lipinski definition) is 7. The van der Waals surface area contributed by atoms with Crippen molar-refractivity contribution in [2.75, 3.05) is 0 Å². The molecule has 0 spiro atoms. The van der Waals surface area contributed by atoms with E-state index in [2.05, 4.69) is 19.9 Å². The summed E-state index contributed by atoms with van der Waals surface area (Å²) in [7, 11) is 0. The largest absolute Gasteiger partial charge is 0.485 e. The van der Waals surface area contributed by atoms with Crippen molar-refractivity contribution < 1.29 is 21.4 Å². The van der Waals surface area contributed by atoms with Gasteiger partial charge in [0.15, 0.2) is 11.6 Å². The SMILES string of the molecule is [2H]C([2H])(Oc1cc2n(c(=O)c1Cl)-c1cc(-c3ccnc(C(C)(C)O)n3)ncc1C/C=C\CC2)c1ncc(F)cc1F. The molecule has 0 saturated carbocycles. The Morgan fingerprint density at radius 1 is 1.15 bits per heavy atom. The van der Waals surface area contributed by atoms with Gasteiger partial charge in [-0.2, -0.15) is 0 Å². The summed E-state index contributed by atoms with van der Waals surface area (Å²) in [6.07, 6.45) is 9.09. The molecule has 8 nitrogen and oxygen atoms in total. The summed E-state index contributed by atoms with van der Waals surface area (Å²) in [4.78, 5) is 30.3. The zero-order valence-electron chi connectivity index (χ0n) is 23.0. The van der Waals surface area contributed by atoms with Crippen molar-refractivity contribution in [3.05, 3.63) is 105 Å². The van der Waals surface area contributed by atoms with Crippen LogP contribution < -0.4 is 10.3 Å². The number of rotatable bonds is 5. The number of ether oxygens (including phenoxy) is 1. The van der Waals surface area contributed by atoms with Crippen molar-refractivity contribution in [2.45, 2.75) is 45.3 Å². The third kappa shape index (κ3) is 5.57. The first-order chi connectivity index (χ1) is 19.3. The molecule has 39 heavy (non-hydrogen) atoms. The Hall–Kier alpha value is -4.02. The lowest BCUT2D eigenvalue weighted by Gasteiger charge is -2.19. The maximum atomic E-state index is 14.3. The average molecular weight is 554 g/mol. The maximum Gasteiger partial charge on any atom is 0.277 e. The van der Waals surface area contributed by atoms with E-state index in [1.807, 2.05) is 12.2 Å². The molecule has 4 aromatic rings. The number of nitrogens with zero attached hydrogens (tertiary/aromatic N) is 5. The van der Waals surface area contributed by atoms with Gasteiger partial charge in [0.25, 0.3) is 5.56 Å². The number of fused-ring (bicyclic) bond motifs is 3. The van der Waals surface area contributed by atoms with Gasteiger partial charge in [0, 0.05) is 30.2 Å². The number of aryl methyl sites for hydroxylation is 1. The average Bonchev–Trinajstić information content (AvgIpc) is 2.99. The lowest BCUT2D eigenvalue weighted by Crippen LogP contribution is -2.24. The van der Waals surface area contributed by atoms with Gasteiger partial charge < -0.3 is 9.84 Å². The first-order valence-electron chi connectivity index (χ1n) is 13.0. The molecule has 0 fully saturated rings. The normalized spacial score (nSPS) is 15.1. The predicted molar refractivity (Wildman–Crippen MR) is 141 cm³/mol. The molecule has 200 valence electrons. The van der Waals surface area contributed by atoms with Crippen LogP contribution in [0.5, 0.6) is 5.75 Å². The molecule has 4 aromatic heterocycles. The third-order valence-corrected chi connectivity index (χ3v) is 6.35. The molecule has 0 atom stereocenters. The minimum absolute atomic E-state index is 0.201. The van der Waals surface area contributed by atoms with Crippen molar-refractivity contribution in [1.29, 1.82) is 0 Å². The zero-order chi connectivity index (χ0) is 29.5. The van der Waals surface area contributed by atoms with Crippen LogP contribution >= 0.6 is 11.6 Å². The number of allylic oxidation sites excluding steroid dienone is 2. The fourth-order valence-electron chi connectivity index (χ4n) is 4.06. The summed E-state index contributed by atoms with van der Waals surface area (Å²) in [5.74, 6) is -2.34. The van der Waals surface area contributed by atoms with Gasteiger partial charge in [0.1, 0.15) is 34.4 Å². The lowest BCUT2D eigenvalue weighted by molar-refractivity contribution is 0.0688. The van der Waals surface area contributed by atoms with Crippen molar-refractivity contribution in [3.63, 3.8) is 0 Å². The van der Waals surface area contributed by atoms with Gasteiger partial charge in [-0.1, -0.05) is 23.8 Å². The molecule has 0 amide bonds. The molecule has 5 rings (SSSR count). The van der Waals surface area contributed by atoms with E-state index in [1.165, 1.54) is 16.8 Å². The van der Waals surface area contributed by atoms with E-state index in [9.17, 15) is 18.7 Å². The van der Waals surface area contributed by atoms with Gasteiger partial charge >= 0.3 is 0 Å². The standard InChI is InChI=1S/C28H24ClF2N5O3/c1-28(2,38)27-32-9-8-20(35-27)21-12-23-16(13-33-21)6-4-3-5-7-18-11-24(25(29)26(37)36(18)23)39-15-22-19(31)10-17(30)14-34-22/h3-4,8-14,38H,5-7,15H2,1-2H3/b4-3-/i15D2. The van der Waals surface area contributed by atoms with Gasteiger partial charge in [-0.05, 0) is 50.8 Å². The molecule has 11 heteroatoms. The summed E-state index contributed by atoms with van der Waals surface area (Å²) < 4.78 is 51.0. The number of hydrogen-bond donors (Lipinski definition) is 1. The Labute approximate surface area is 230 Å². The Morgan fingerprint density at radius 2 is 1.97 bits per heavy atom. The number of aromatic nitrogens is 5. The van der Waals surface area contributed by atoms with Gasteiger partial charge in [0.2, 0.25) is 0 Å². The second-order valence-electron chi connectivity index (χ2n) is 9.38. The second-order valence-corrected chi connectivity index (χ2v) is 9.76. The van der Waals surface area contributed by atoms with E-state index >= 15 is 0 Å². The molecule has 0 bridgehead atoms. The Bertz CT molecular complexity index is 1740. The zero-order valence-corrected chi connectivity index (χ0v) is 21.7. The molecule has 1 aliphatic rings. The Balaban J connectivity index is 1.64. The van der Waals surface area contributed by atoms with Crippen LogP contribution in [0.15, 0.2) is 59.8 Å². The van der Waals surface area contributed by atoms with E-state index in [0.717, 1.165) is 0 Å². The monoisotopic (exact) mass is 553 g/mol. The van der Waals surface area contributed by atoms with Crippen LogP contribution in [0.2, 0.25) is 5.02 Å². The van der Waals surface area contributed by atoms with Gasteiger partial charge in [-0.3, -0.25) is 19.3 Å². The van der Waals surface area contributed by atoms with E-state index < -0.39 is 40.1 Å². The fraction of sp³-hybridized carbons (Fsp3) is 0.250. The molecule has 0 aromatic carbocycles. The lowest BCUT2D eigenvalue weighted by atomic mass is 10.1. The first-order valence-corrected chi connectivity index (χ1v) is 12.4. The Kier molecular flexibility index (Phi) is 6.55. The third-order valence-electron chi connectivity index (χ3n) is 6.00. The molecule has 0 radical (unpaired) electrons. The number of aliphatic hydroxyl groups is 1. The quantitative estimate of drug-likeness (QED) is 0.352. The van der Waals surface area contributed by atoms with Crippen LogP contribution in [-0.2, 0) is 25.0 Å². The molecule has 0 saturated heterocycles. The van der Waals surface area contributed by atoms with E-state index in [0.29, 0.717) is 59.9 Å². The highest BCUT2D eigenvalue weighted by Gasteiger charge is 2.22. The molecule has 5 heterocycles. The number of pyridine rings is 3. The maximum absolute atomic E-state index is 14.3.